The Morgan fingerprint density at radius 1 is 1.46 bits per heavy atom. The fourth-order valence-corrected chi connectivity index (χ4v) is 0.846. The van der Waals surface area contributed by atoms with Crippen LogP contribution in [0.2, 0.25) is 0 Å². The summed E-state index contributed by atoms with van der Waals surface area (Å²) >= 11 is 0. The largest absolute Gasteiger partial charge is 0.453 e. The van der Waals surface area contributed by atoms with Crippen LogP contribution in [-0.4, -0.2) is 29.0 Å². The van der Waals surface area contributed by atoms with Gasteiger partial charge in [0.25, 0.3) is 5.82 Å². The molecule has 1 aromatic rings. The summed E-state index contributed by atoms with van der Waals surface area (Å²) < 4.78 is 36.9. The first-order valence-corrected chi connectivity index (χ1v) is 3.26. The zero-order valence-corrected chi connectivity index (χ0v) is 6.88. The number of aromatic nitrogens is 3. The molecule has 1 rings (SSSR count). The summed E-state index contributed by atoms with van der Waals surface area (Å²) in [5, 5.41) is 5.58. The van der Waals surface area contributed by atoms with Gasteiger partial charge in [0.2, 0.25) is 0 Å². The summed E-state index contributed by atoms with van der Waals surface area (Å²) in [5.74, 6) is -1.26. The lowest BCUT2D eigenvalue weighted by molar-refractivity contribution is -0.147. The van der Waals surface area contributed by atoms with Crippen LogP contribution >= 0.6 is 0 Å². The van der Waals surface area contributed by atoms with Crippen LogP contribution in [0.3, 0.4) is 0 Å². The lowest BCUT2D eigenvalue weighted by atomic mass is 10.6. The van der Waals surface area contributed by atoms with Crippen molar-refractivity contribution in [2.75, 3.05) is 19.1 Å². The number of hydrogen-bond acceptors (Lipinski definition) is 3. The number of aromatic amines is 1. The summed E-state index contributed by atoms with van der Waals surface area (Å²) in [7, 11) is 2.62. The van der Waals surface area contributed by atoms with Crippen molar-refractivity contribution in [2.24, 2.45) is 0 Å². The van der Waals surface area contributed by atoms with Crippen LogP contribution < -0.4 is 10.7 Å². The Labute approximate surface area is 70.7 Å². The van der Waals surface area contributed by atoms with Crippen LogP contribution in [0.5, 0.6) is 0 Å². The van der Waals surface area contributed by atoms with Crippen LogP contribution in [0.1, 0.15) is 5.82 Å². The summed E-state index contributed by atoms with van der Waals surface area (Å²) in [4.78, 5) is 10.8. The van der Waals surface area contributed by atoms with E-state index in [1.165, 1.54) is 14.1 Å². The van der Waals surface area contributed by atoms with Crippen molar-refractivity contribution in [3.8, 4) is 0 Å². The molecule has 0 aliphatic rings. The SMILES string of the molecule is CN(C)n1c(C(F)(F)F)n[nH]c1=O. The van der Waals surface area contributed by atoms with Gasteiger partial charge in [-0.05, 0) is 0 Å². The molecule has 0 fully saturated rings. The monoisotopic (exact) mass is 196 g/mol. The molecular weight excluding hydrogens is 189 g/mol. The molecule has 13 heavy (non-hydrogen) atoms. The number of nitrogens with one attached hydrogen (secondary N) is 1. The van der Waals surface area contributed by atoms with Crippen LogP contribution in [0.25, 0.3) is 0 Å². The highest BCUT2D eigenvalue weighted by molar-refractivity contribution is 4.95. The van der Waals surface area contributed by atoms with Gasteiger partial charge < -0.3 is 5.01 Å². The van der Waals surface area contributed by atoms with E-state index in [-0.39, 0.29) is 0 Å². The van der Waals surface area contributed by atoms with Gasteiger partial charge in [0.05, 0.1) is 0 Å². The average molecular weight is 196 g/mol. The number of rotatable bonds is 1. The highest BCUT2D eigenvalue weighted by atomic mass is 19.4. The van der Waals surface area contributed by atoms with Crippen molar-refractivity contribution in [3.05, 3.63) is 16.3 Å². The van der Waals surface area contributed by atoms with Crippen molar-refractivity contribution in [1.29, 1.82) is 0 Å². The van der Waals surface area contributed by atoms with Gasteiger partial charge in [-0.1, -0.05) is 0 Å². The molecule has 5 nitrogen and oxygen atoms in total. The van der Waals surface area contributed by atoms with Gasteiger partial charge in [0, 0.05) is 14.1 Å². The van der Waals surface area contributed by atoms with Crippen LogP contribution in [0.15, 0.2) is 4.79 Å². The maximum absolute atomic E-state index is 12.2. The van der Waals surface area contributed by atoms with Crippen molar-refractivity contribution in [2.45, 2.75) is 6.18 Å². The van der Waals surface area contributed by atoms with E-state index in [1.54, 1.807) is 5.10 Å². The second-order valence-corrected chi connectivity index (χ2v) is 2.51. The lowest BCUT2D eigenvalue weighted by Crippen LogP contribution is -2.37. The van der Waals surface area contributed by atoms with Crippen LogP contribution in [0.4, 0.5) is 13.2 Å². The molecule has 8 heteroatoms. The molecule has 74 valence electrons. The molecule has 0 aliphatic carbocycles. The van der Waals surface area contributed by atoms with E-state index < -0.39 is 17.7 Å². The number of alkyl halides is 3. The van der Waals surface area contributed by atoms with Crippen molar-refractivity contribution in [3.63, 3.8) is 0 Å². The predicted molar refractivity (Wildman–Crippen MR) is 37.9 cm³/mol. The zero-order chi connectivity index (χ0) is 10.2. The summed E-state index contributed by atoms with van der Waals surface area (Å²) in [6, 6.07) is 0. The second-order valence-electron chi connectivity index (χ2n) is 2.51. The fraction of sp³-hybridized carbons (Fsp3) is 0.600. The molecule has 0 spiro atoms. The third-order valence-electron chi connectivity index (χ3n) is 1.30. The molecule has 1 heterocycles. The van der Waals surface area contributed by atoms with E-state index in [4.69, 9.17) is 0 Å². The number of hydrogen-bond donors (Lipinski definition) is 1. The van der Waals surface area contributed by atoms with Gasteiger partial charge in [0.15, 0.2) is 0 Å². The van der Waals surface area contributed by atoms with E-state index in [2.05, 4.69) is 5.10 Å². The Hall–Kier alpha value is -1.47. The topological polar surface area (TPSA) is 53.9 Å². The van der Waals surface area contributed by atoms with Gasteiger partial charge in [-0.3, -0.25) is 0 Å². The van der Waals surface area contributed by atoms with E-state index in [0.717, 1.165) is 5.01 Å². The molecule has 0 bridgehead atoms. The Balaban J connectivity index is 3.32. The van der Waals surface area contributed by atoms with Crippen LogP contribution in [0, 0.1) is 0 Å². The van der Waals surface area contributed by atoms with E-state index in [0.29, 0.717) is 4.68 Å². The zero-order valence-electron chi connectivity index (χ0n) is 6.88. The summed E-state index contributed by atoms with van der Waals surface area (Å²) in [6.45, 7) is 0. The Morgan fingerprint density at radius 2 is 2.00 bits per heavy atom. The van der Waals surface area contributed by atoms with Gasteiger partial charge in [0.1, 0.15) is 0 Å². The highest BCUT2D eigenvalue weighted by Gasteiger charge is 2.38. The number of H-pyrrole nitrogens is 1. The maximum atomic E-state index is 12.2. The molecule has 0 aliphatic heterocycles. The standard InChI is InChI=1S/C5H7F3N4O/c1-11(2)12-3(5(6,7)8)9-10-4(12)13/h1-2H3,(H,10,13). The third kappa shape index (κ3) is 1.65. The van der Waals surface area contributed by atoms with Gasteiger partial charge >= 0.3 is 11.9 Å². The van der Waals surface area contributed by atoms with Crippen molar-refractivity contribution >= 4 is 0 Å². The number of halogens is 3. The molecule has 0 saturated heterocycles. The van der Waals surface area contributed by atoms with Gasteiger partial charge in [-0.2, -0.15) is 17.8 Å². The van der Waals surface area contributed by atoms with Gasteiger partial charge in [-0.15, -0.1) is 5.10 Å². The van der Waals surface area contributed by atoms with Crippen LogP contribution in [-0.2, 0) is 6.18 Å². The number of nitrogens with zero attached hydrogens (tertiary/aromatic N) is 3. The molecule has 1 N–H and O–H groups in total. The normalized spacial score (nSPS) is 11.8. The first-order chi connectivity index (χ1) is 5.84. The Morgan fingerprint density at radius 3 is 2.31 bits per heavy atom. The lowest BCUT2D eigenvalue weighted by Gasteiger charge is -2.15. The second kappa shape index (κ2) is 2.79. The predicted octanol–water partition coefficient (Wildman–Crippen LogP) is -0.212. The van der Waals surface area contributed by atoms with Gasteiger partial charge in [-0.25, -0.2) is 9.89 Å². The third-order valence-corrected chi connectivity index (χ3v) is 1.30. The molecule has 1 aromatic heterocycles. The molecule has 0 unspecified atom stereocenters. The first-order valence-electron chi connectivity index (χ1n) is 3.26. The molecule has 0 amide bonds. The first kappa shape index (κ1) is 9.62. The molecule has 0 radical (unpaired) electrons. The van der Waals surface area contributed by atoms with Crippen molar-refractivity contribution in [1.82, 2.24) is 14.9 Å². The quantitative estimate of drug-likeness (QED) is 0.676. The molecular formula is C5H7F3N4O. The minimum atomic E-state index is -4.64. The van der Waals surface area contributed by atoms with E-state index >= 15 is 0 Å². The summed E-state index contributed by atoms with van der Waals surface area (Å²) in [5.41, 5.74) is -0.919. The average Bonchev–Trinajstić information content (AvgIpc) is 2.28. The highest BCUT2D eigenvalue weighted by Crippen LogP contribution is 2.25. The van der Waals surface area contributed by atoms with E-state index in [9.17, 15) is 18.0 Å². The Bertz CT molecular complexity index is 349. The minimum Gasteiger partial charge on any atom is -0.313 e. The van der Waals surface area contributed by atoms with E-state index in [1.807, 2.05) is 0 Å². The molecule has 0 aromatic carbocycles. The van der Waals surface area contributed by atoms with Crippen molar-refractivity contribution < 1.29 is 13.2 Å². The molecule has 0 saturated carbocycles. The fourth-order valence-electron chi connectivity index (χ4n) is 0.846. The Kier molecular flexibility index (Phi) is 2.06. The maximum Gasteiger partial charge on any atom is 0.453 e. The smallest absolute Gasteiger partial charge is 0.313 e. The molecule has 0 atom stereocenters. The minimum absolute atomic E-state index is 0.403. The summed E-state index contributed by atoms with van der Waals surface area (Å²) in [6.07, 6.45) is -4.64.